The summed E-state index contributed by atoms with van der Waals surface area (Å²) in [5.41, 5.74) is 0.687. The van der Waals surface area contributed by atoms with E-state index >= 15 is 0 Å². The second-order valence-corrected chi connectivity index (χ2v) is 4.54. The molecule has 19 heavy (non-hydrogen) atoms. The van der Waals surface area contributed by atoms with E-state index in [0.717, 1.165) is 6.42 Å². The number of hydrogen-bond donors (Lipinski definition) is 1. The second-order valence-electron chi connectivity index (χ2n) is 4.54. The monoisotopic (exact) mass is 261 g/mol. The van der Waals surface area contributed by atoms with E-state index in [9.17, 15) is 0 Å². The largest absolute Gasteiger partial charge is 0.339 e. The van der Waals surface area contributed by atoms with Gasteiger partial charge in [-0.3, -0.25) is 0 Å². The third kappa shape index (κ3) is 2.96. The predicted molar refractivity (Wildman–Crippen MR) is 71.6 cm³/mol. The van der Waals surface area contributed by atoms with Gasteiger partial charge < -0.3 is 9.84 Å². The fourth-order valence-electron chi connectivity index (χ4n) is 2.08. The van der Waals surface area contributed by atoms with Crippen molar-refractivity contribution in [3.63, 3.8) is 0 Å². The van der Waals surface area contributed by atoms with Crippen molar-refractivity contribution in [1.82, 2.24) is 25.4 Å². The standard InChI is InChI=1S/C13H19N5O/c1-5-10(14-4)8(2)13-17-12(18-19-13)11-6-7-15-9(3)16-11/h6-8,10,14H,5H2,1-4H3. The molecule has 2 heterocycles. The summed E-state index contributed by atoms with van der Waals surface area (Å²) >= 11 is 0. The summed E-state index contributed by atoms with van der Waals surface area (Å²) in [5.74, 6) is 2.00. The van der Waals surface area contributed by atoms with Gasteiger partial charge in [-0.2, -0.15) is 4.98 Å². The van der Waals surface area contributed by atoms with Gasteiger partial charge in [-0.15, -0.1) is 0 Å². The van der Waals surface area contributed by atoms with Gasteiger partial charge in [-0.05, 0) is 26.5 Å². The van der Waals surface area contributed by atoms with Gasteiger partial charge in [0.1, 0.15) is 11.5 Å². The molecule has 6 nitrogen and oxygen atoms in total. The van der Waals surface area contributed by atoms with Crippen LogP contribution in [0.4, 0.5) is 0 Å². The highest BCUT2D eigenvalue weighted by molar-refractivity contribution is 5.47. The van der Waals surface area contributed by atoms with Crippen molar-refractivity contribution < 1.29 is 4.52 Å². The molecular formula is C13H19N5O. The highest BCUT2D eigenvalue weighted by Crippen LogP contribution is 2.22. The van der Waals surface area contributed by atoms with Crippen LogP contribution in [0.1, 0.15) is 37.9 Å². The third-order valence-electron chi connectivity index (χ3n) is 3.25. The van der Waals surface area contributed by atoms with Crippen molar-refractivity contribution in [1.29, 1.82) is 0 Å². The molecule has 0 radical (unpaired) electrons. The highest BCUT2D eigenvalue weighted by Gasteiger charge is 2.22. The van der Waals surface area contributed by atoms with E-state index in [0.29, 0.717) is 29.3 Å². The molecule has 2 rings (SSSR count). The Bertz CT molecular complexity index is 535. The number of aromatic nitrogens is 4. The number of nitrogens with zero attached hydrogens (tertiary/aromatic N) is 4. The smallest absolute Gasteiger partial charge is 0.231 e. The lowest BCUT2D eigenvalue weighted by Gasteiger charge is -2.18. The minimum Gasteiger partial charge on any atom is -0.339 e. The van der Waals surface area contributed by atoms with Crippen LogP contribution in [0.5, 0.6) is 0 Å². The predicted octanol–water partition coefficient (Wildman–Crippen LogP) is 1.94. The van der Waals surface area contributed by atoms with Gasteiger partial charge in [0.2, 0.25) is 11.7 Å². The third-order valence-corrected chi connectivity index (χ3v) is 3.25. The Hall–Kier alpha value is -1.82. The van der Waals surface area contributed by atoms with E-state index in [2.05, 4.69) is 39.3 Å². The van der Waals surface area contributed by atoms with E-state index < -0.39 is 0 Å². The lowest BCUT2D eigenvalue weighted by atomic mass is 10.00. The van der Waals surface area contributed by atoms with Gasteiger partial charge in [0, 0.05) is 12.2 Å². The Morgan fingerprint density at radius 3 is 2.79 bits per heavy atom. The molecule has 0 aliphatic carbocycles. The minimum absolute atomic E-state index is 0.166. The number of rotatable bonds is 5. The van der Waals surface area contributed by atoms with Crippen molar-refractivity contribution >= 4 is 0 Å². The topological polar surface area (TPSA) is 76.7 Å². The fourth-order valence-corrected chi connectivity index (χ4v) is 2.08. The number of nitrogens with one attached hydrogen (secondary N) is 1. The summed E-state index contributed by atoms with van der Waals surface area (Å²) in [6.45, 7) is 6.04. The second kappa shape index (κ2) is 5.88. The molecule has 0 aromatic carbocycles. The van der Waals surface area contributed by atoms with Crippen molar-refractivity contribution in [2.24, 2.45) is 0 Å². The first-order chi connectivity index (χ1) is 9.15. The van der Waals surface area contributed by atoms with Crippen LogP contribution in [-0.2, 0) is 0 Å². The number of aryl methyl sites for hydroxylation is 1. The van der Waals surface area contributed by atoms with Crippen LogP contribution in [0.25, 0.3) is 11.5 Å². The molecule has 0 bridgehead atoms. The first kappa shape index (κ1) is 13.6. The van der Waals surface area contributed by atoms with Crippen LogP contribution >= 0.6 is 0 Å². The average Bonchev–Trinajstić information content (AvgIpc) is 2.89. The summed E-state index contributed by atoms with van der Waals surface area (Å²) in [5, 5.41) is 7.25. The molecule has 0 aliphatic heterocycles. The molecule has 0 spiro atoms. The molecule has 1 N–H and O–H groups in total. The van der Waals surface area contributed by atoms with E-state index in [-0.39, 0.29) is 5.92 Å². The molecule has 2 aromatic rings. The van der Waals surface area contributed by atoms with Gasteiger partial charge in [0.05, 0.1) is 5.92 Å². The summed E-state index contributed by atoms with van der Waals surface area (Å²) in [6.07, 6.45) is 2.70. The highest BCUT2D eigenvalue weighted by atomic mass is 16.5. The fraction of sp³-hybridized carbons (Fsp3) is 0.538. The van der Waals surface area contributed by atoms with Gasteiger partial charge in [-0.25, -0.2) is 9.97 Å². The van der Waals surface area contributed by atoms with Crippen LogP contribution in [0.3, 0.4) is 0 Å². The number of hydrogen-bond acceptors (Lipinski definition) is 6. The normalized spacial score (nSPS) is 14.3. The molecule has 2 aromatic heterocycles. The molecule has 0 aliphatic rings. The van der Waals surface area contributed by atoms with Crippen molar-refractivity contribution in [2.75, 3.05) is 7.05 Å². The molecule has 6 heteroatoms. The maximum atomic E-state index is 5.34. The van der Waals surface area contributed by atoms with Gasteiger partial charge in [0.25, 0.3) is 0 Å². The maximum Gasteiger partial charge on any atom is 0.231 e. The lowest BCUT2D eigenvalue weighted by molar-refractivity contribution is 0.326. The van der Waals surface area contributed by atoms with Crippen LogP contribution in [-0.4, -0.2) is 33.2 Å². The number of likely N-dealkylation sites (N-methyl/N-ethyl adjacent to an activating group) is 1. The molecule has 0 saturated carbocycles. The quantitative estimate of drug-likeness (QED) is 0.886. The van der Waals surface area contributed by atoms with Crippen LogP contribution in [0.15, 0.2) is 16.8 Å². The maximum absolute atomic E-state index is 5.34. The Morgan fingerprint density at radius 1 is 1.37 bits per heavy atom. The van der Waals surface area contributed by atoms with E-state index in [4.69, 9.17) is 4.52 Å². The first-order valence-corrected chi connectivity index (χ1v) is 6.46. The van der Waals surface area contributed by atoms with Gasteiger partial charge >= 0.3 is 0 Å². The Balaban J connectivity index is 2.24. The van der Waals surface area contributed by atoms with Gasteiger partial charge in [-0.1, -0.05) is 19.0 Å². The molecule has 0 amide bonds. The summed E-state index contributed by atoms with van der Waals surface area (Å²) in [6, 6.07) is 2.10. The van der Waals surface area contributed by atoms with Crippen LogP contribution in [0, 0.1) is 6.92 Å². The van der Waals surface area contributed by atoms with E-state index in [1.807, 2.05) is 14.0 Å². The zero-order chi connectivity index (χ0) is 13.8. The Morgan fingerprint density at radius 2 is 2.16 bits per heavy atom. The zero-order valence-electron chi connectivity index (χ0n) is 11.7. The van der Waals surface area contributed by atoms with Gasteiger partial charge in [0.15, 0.2) is 0 Å². The SMILES string of the molecule is CCC(NC)C(C)c1nc(-c2ccnc(C)n2)no1. The van der Waals surface area contributed by atoms with Crippen molar-refractivity contribution in [2.45, 2.75) is 39.2 Å². The van der Waals surface area contributed by atoms with E-state index in [1.54, 1.807) is 12.3 Å². The average molecular weight is 261 g/mol. The summed E-state index contributed by atoms with van der Waals surface area (Å²) in [4.78, 5) is 12.8. The molecular weight excluding hydrogens is 242 g/mol. The summed E-state index contributed by atoms with van der Waals surface area (Å²) < 4.78 is 5.34. The first-order valence-electron chi connectivity index (χ1n) is 6.46. The molecule has 2 atom stereocenters. The lowest BCUT2D eigenvalue weighted by Crippen LogP contribution is -2.30. The van der Waals surface area contributed by atoms with E-state index in [1.165, 1.54) is 0 Å². The zero-order valence-corrected chi connectivity index (χ0v) is 11.7. The molecule has 0 fully saturated rings. The van der Waals surface area contributed by atoms with Crippen LogP contribution in [0.2, 0.25) is 0 Å². The molecule has 0 saturated heterocycles. The summed E-state index contributed by atoms with van der Waals surface area (Å²) in [7, 11) is 1.94. The Labute approximate surface area is 112 Å². The van der Waals surface area contributed by atoms with Crippen LogP contribution < -0.4 is 5.32 Å². The van der Waals surface area contributed by atoms with Crippen molar-refractivity contribution in [3.05, 3.63) is 24.0 Å². The molecule has 2 unspecified atom stereocenters. The minimum atomic E-state index is 0.166. The van der Waals surface area contributed by atoms with Crippen molar-refractivity contribution in [3.8, 4) is 11.5 Å². The molecule has 102 valence electrons. The Kier molecular flexibility index (Phi) is 4.21.